The van der Waals surface area contributed by atoms with Crippen LogP contribution in [-0.4, -0.2) is 52.4 Å². The maximum Gasteiger partial charge on any atom is 0.407 e. The van der Waals surface area contributed by atoms with E-state index in [0.717, 1.165) is 24.8 Å². The smallest absolute Gasteiger partial charge is 0.407 e. The number of benzene rings is 1. The third-order valence-corrected chi connectivity index (χ3v) is 7.01. The number of nitrogens with one attached hydrogen (secondary N) is 1. The van der Waals surface area contributed by atoms with E-state index in [2.05, 4.69) is 5.32 Å². The number of rotatable bonds is 5. The number of carboxylic acid groups (broad SMARTS) is 1. The highest BCUT2D eigenvalue weighted by Crippen LogP contribution is 2.31. The second kappa shape index (κ2) is 8.65. The number of halogens is 1. The Bertz CT molecular complexity index is 984. The lowest BCUT2D eigenvalue weighted by atomic mass is 9.93. The first-order valence-corrected chi connectivity index (χ1v) is 11.1. The van der Waals surface area contributed by atoms with Crippen molar-refractivity contribution in [2.75, 3.05) is 25.0 Å². The van der Waals surface area contributed by atoms with E-state index in [0.29, 0.717) is 52.6 Å². The molecule has 30 heavy (non-hydrogen) atoms. The lowest BCUT2D eigenvalue weighted by Gasteiger charge is -2.30. The summed E-state index contributed by atoms with van der Waals surface area (Å²) in [5.41, 5.74) is 2.10. The van der Waals surface area contributed by atoms with E-state index in [-0.39, 0.29) is 11.8 Å². The van der Waals surface area contributed by atoms with Gasteiger partial charge in [0.25, 0.3) is 11.8 Å². The number of hydrogen-bond donors (Lipinski definition) is 2. The molecule has 0 saturated carbocycles. The minimum absolute atomic E-state index is 0.0248. The van der Waals surface area contributed by atoms with E-state index in [1.165, 1.54) is 16.2 Å². The molecule has 0 atom stereocenters. The molecule has 2 aliphatic heterocycles. The summed E-state index contributed by atoms with van der Waals surface area (Å²) < 4.78 is 0.550. The minimum atomic E-state index is -0.863. The number of fused-ring (bicyclic) bond motifs is 1. The van der Waals surface area contributed by atoms with Gasteiger partial charge < -0.3 is 20.2 Å². The summed E-state index contributed by atoms with van der Waals surface area (Å²) in [6.07, 6.45) is 1.64. The molecule has 0 bridgehead atoms. The average Bonchev–Trinajstić information content (AvgIpc) is 3.31. The molecule has 7 nitrogen and oxygen atoms in total. The first-order chi connectivity index (χ1) is 14.4. The lowest BCUT2D eigenvalue weighted by Crippen LogP contribution is -2.38. The van der Waals surface area contributed by atoms with E-state index in [1.807, 2.05) is 11.0 Å². The van der Waals surface area contributed by atoms with E-state index < -0.39 is 6.09 Å². The van der Waals surface area contributed by atoms with Crippen LogP contribution >= 0.6 is 22.9 Å². The standard InChI is InChI=1S/C21H22ClN3O4S/c22-18-5-4-17(30-18)19(26)23-16-3-1-2-14-15(16)12-25(20(14)27)11-8-13-6-9-24(10-7-13)21(28)29/h1-5,13H,6-12H2,(H,23,26)(H,28,29). The van der Waals surface area contributed by atoms with Crippen LogP contribution in [0.3, 0.4) is 0 Å². The Hall–Kier alpha value is -2.58. The number of likely N-dealkylation sites (tertiary alicyclic amines) is 1. The Morgan fingerprint density at radius 1 is 1.20 bits per heavy atom. The van der Waals surface area contributed by atoms with E-state index in [1.54, 1.807) is 24.3 Å². The number of thiophene rings is 1. The van der Waals surface area contributed by atoms with Crippen LogP contribution in [0.2, 0.25) is 4.34 Å². The van der Waals surface area contributed by atoms with Gasteiger partial charge in [-0.2, -0.15) is 0 Å². The minimum Gasteiger partial charge on any atom is -0.465 e. The molecule has 1 aromatic heterocycles. The summed E-state index contributed by atoms with van der Waals surface area (Å²) in [5.74, 6) is 0.152. The molecular weight excluding hydrogens is 426 g/mol. The van der Waals surface area contributed by atoms with Crippen molar-refractivity contribution in [2.24, 2.45) is 5.92 Å². The maximum absolute atomic E-state index is 12.8. The van der Waals surface area contributed by atoms with Crippen molar-refractivity contribution in [2.45, 2.75) is 25.8 Å². The fraction of sp³-hybridized carbons (Fsp3) is 0.381. The van der Waals surface area contributed by atoms with Gasteiger partial charge in [0.2, 0.25) is 0 Å². The van der Waals surface area contributed by atoms with Crippen molar-refractivity contribution >= 4 is 46.5 Å². The third-order valence-electron chi connectivity index (χ3n) is 5.78. The molecule has 3 amide bonds. The normalized spacial score (nSPS) is 16.6. The molecule has 2 aromatic rings. The first-order valence-electron chi connectivity index (χ1n) is 9.88. The number of carbonyl (C=O) groups is 3. The van der Waals surface area contributed by atoms with Gasteiger partial charge >= 0.3 is 6.09 Å². The van der Waals surface area contributed by atoms with E-state index in [4.69, 9.17) is 16.7 Å². The van der Waals surface area contributed by atoms with E-state index >= 15 is 0 Å². The first kappa shape index (κ1) is 20.7. The highest BCUT2D eigenvalue weighted by atomic mass is 35.5. The second-order valence-corrected chi connectivity index (χ2v) is 9.33. The van der Waals surface area contributed by atoms with Gasteiger partial charge in [-0.05, 0) is 49.4 Å². The highest BCUT2D eigenvalue weighted by molar-refractivity contribution is 7.18. The zero-order chi connectivity index (χ0) is 21.3. The predicted octanol–water partition coefficient (Wildman–Crippen LogP) is 4.39. The second-order valence-electron chi connectivity index (χ2n) is 7.62. The molecule has 3 heterocycles. The van der Waals surface area contributed by atoms with Crippen LogP contribution in [0.4, 0.5) is 10.5 Å². The molecule has 9 heteroatoms. The fourth-order valence-electron chi connectivity index (χ4n) is 4.06. The average molecular weight is 448 g/mol. The Morgan fingerprint density at radius 2 is 1.97 bits per heavy atom. The van der Waals surface area contributed by atoms with Crippen molar-refractivity contribution in [1.29, 1.82) is 0 Å². The number of anilines is 1. The Morgan fingerprint density at radius 3 is 2.63 bits per heavy atom. The molecule has 0 unspecified atom stereocenters. The van der Waals surface area contributed by atoms with Gasteiger partial charge in [-0.1, -0.05) is 17.7 Å². The summed E-state index contributed by atoms with van der Waals surface area (Å²) in [7, 11) is 0. The summed E-state index contributed by atoms with van der Waals surface area (Å²) in [6, 6.07) is 8.74. The molecule has 0 spiro atoms. The molecule has 2 N–H and O–H groups in total. The largest absolute Gasteiger partial charge is 0.465 e. The summed E-state index contributed by atoms with van der Waals surface area (Å²) in [6.45, 7) is 2.19. The van der Waals surface area contributed by atoms with Crippen molar-refractivity contribution in [3.8, 4) is 0 Å². The van der Waals surface area contributed by atoms with Crippen LogP contribution in [0, 0.1) is 5.92 Å². The molecule has 1 aromatic carbocycles. The van der Waals surface area contributed by atoms with Gasteiger partial charge in [0, 0.05) is 43.0 Å². The van der Waals surface area contributed by atoms with Gasteiger partial charge in [0.15, 0.2) is 0 Å². The maximum atomic E-state index is 12.8. The van der Waals surface area contributed by atoms with Gasteiger partial charge in [-0.15, -0.1) is 11.3 Å². The third kappa shape index (κ3) is 4.29. The Labute approximate surface area is 183 Å². The summed E-state index contributed by atoms with van der Waals surface area (Å²) in [5, 5.41) is 12.0. The van der Waals surface area contributed by atoms with Crippen molar-refractivity contribution in [3.05, 3.63) is 50.7 Å². The predicted molar refractivity (Wildman–Crippen MR) is 115 cm³/mol. The Balaban J connectivity index is 1.38. The summed E-state index contributed by atoms with van der Waals surface area (Å²) >= 11 is 7.13. The molecule has 158 valence electrons. The van der Waals surface area contributed by atoms with Crippen molar-refractivity contribution in [1.82, 2.24) is 9.80 Å². The monoisotopic (exact) mass is 447 g/mol. The van der Waals surface area contributed by atoms with Gasteiger partial charge in [0.1, 0.15) is 0 Å². The number of piperidine rings is 1. The molecule has 1 saturated heterocycles. The molecule has 4 rings (SSSR count). The summed E-state index contributed by atoms with van der Waals surface area (Å²) in [4.78, 5) is 40.1. The SMILES string of the molecule is O=C(Nc1cccc2c1CN(CCC1CCN(C(=O)O)CC1)C2=O)c1ccc(Cl)s1. The van der Waals surface area contributed by atoms with E-state index in [9.17, 15) is 14.4 Å². The van der Waals surface area contributed by atoms with Crippen LogP contribution in [0.5, 0.6) is 0 Å². The number of nitrogens with zero attached hydrogens (tertiary/aromatic N) is 2. The molecule has 2 aliphatic rings. The number of hydrogen-bond acceptors (Lipinski definition) is 4. The quantitative estimate of drug-likeness (QED) is 0.711. The molecule has 1 fully saturated rings. The van der Waals surface area contributed by atoms with Crippen LogP contribution < -0.4 is 5.32 Å². The number of amides is 3. The van der Waals surface area contributed by atoms with Gasteiger partial charge in [-0.3, -0.25) is 9.59 Å². The molecule has 0 radical (unpaired) electrons. The fourth-order valence-corrected chi connectivity index (χ4v) is 5.00. The lowest BCUT2D eigenvalue weighted by molar-refractivity contribution is 0.0758. The topological polar surface area (TPSA) is 90.0 Å². The van der Waals surface area contributed by atoms with Crippen molar-refractivity contribution in [3.63, 3.8) is 0 Å². The van der Waals surface area contributed by atoms with Crippen molar-refractivity contribution < 1.29 is 19.5 Å². The Kier molecular flexibility index (Phi) is 5.97. The van der Waals surface area contributed by atoms with Crippen LogP contribution in [0.25, 0.3) is 0 Å². The van der Waals surface area contributed by atoms with Crippen LogP contribution in [0.1, 0.15) is 44.9 Å². The number of carbonyl (C=O) groups excluding carboxylic acids is 2. The highest BCUT2D eigenvalue weighted by Gasteiger charge is 2.31. The van der Waals surface area contributed by atoms with Crippen LogP contribution in [-0.2, 0) is 6.54 Å². The zero-order valence-electron chi connectivity index (χ0n) is 16.3. The molecule has 0 aliphatic carbocycles. The van der Waals surface area contributed by atoms with Gasteiger partial charge in [0.05, 0.1) is 9.21 Å². The van der Waals surface area contributed by atoms with Gasteiger partial charge in [-0.25, -0.2) is 4.79 Å². The zero-order valence-corrected chi connectivity index (χ0v) is 17.8. The van der Waals surface area contributed by atoms with Crippen LogP contribution in [0.15, 0.2) is 30.3 Å². The molecular formula is C21H22ClN3O4S.